The second-order valence-corrected chi connectivity index (χ2v) is 8.34. The van der Waals surface area contributed by atoms with Crippen LogP contribution in [-0.4, -0.2) is 34.7 Å². The molecule has 0 radical (unpaired) electrons. The van der Waals surface area contributed by atoms with Gasteiger partial charge in [-0.05, 0) is 5.56 Å². The third-order valence-electron chi connectivity index (χ3n) is 2.12. The van der Waals surface area contributed by atoms with Crippen molar-refractivity contribution in [2.45, 2.75) is 6.04 Å². The molecule has 1 aromatic rings. The third kappa shape index (κ3) is 5.58. The minimum Gasteiger partial charge on any atom is -0.323 e. The molecule has 102 valence electrons. The zero-order valence-electron chi connectivity index (χ0n) is 9.91. The van der Waals surface area contributed by atoms with Gasteiger partial charge < -0.3 is 5.73 Å². The predicted octanol–water partition coefficient (Wildman–Crippen LogP) is -0.392. The van der Waals surface area contributed by atoms with Gasteiger partial charge in [-0.2, -0.15) is 0 Å². The lowest BCUT2D eigenvalue weighted by Gasteiger charge is -2.13. The van der Waals surface area contributed by atoms with Crippen LogP contribution < -0.4 is 10.5 Å². The minimum absolute atomic E-state index is 0.0398. The van der Waals surface area contributed by atoms with Crippen LogP contribution in [0.3, 0.4) is 0 Å². The Hall–Kier alpha value is -0.960. The van der Waals surface area contributed by atoms with E-state index in [-0.39, 0.29) is 6.54 Å². The smallest absolute Gasteiger partial charge is 0.226 e. The quantitative estimate of drug-likeness (QED) is 0.742. The zero-order valence-corrected chi connectivity index (χ0v) is 11.5. The van der Waals surface area contributed by atoms with Crippen molar-refractivity contribution < 1.29 is 16.8 Å². The first-order valence-electron chi connectivity index (χ1n) is 5.15. The summed E-state index contributed by atoms with van der Waals surface area (Å²) in [6.07, 6.45) is 0.864. The minimum atomic E-state index is -3.86. The summed E-state index contributed by atoms with van der Waals surface area (Å²) in [5.74, 6) is 0. The molecule has 0 aliphatic heterocycles. The van der Waals surface area contributed by atoms with Gasteiger partial charge in [0.05, 0.1) is 0 Å². The molecule has 18 heavy (non-hydrogen) atoms. The van der Waals surface area contributed by atoms with Crippen LogP contribution in [0.15, 0.2) is 30.3 Å². The third-order valence-corrected chi connectivity index (χ3v) is 5.68. The van der Waals surface area contributed by atoms with Crippen molar-refractivity contribution in [1.82, 2.24) is 4.72 Å². The second-order valence-electron chi connectivity index (χ2n) is 4.02. The summed E-state index contributed by atoms with van der Waals surface area (Å²) in [6, 6.07) is 8.44. The van der Waals surface area contributed by atoms with E-state index in [9.17, 15) is 16.8 Å². The Bertz CT molecular complexity index is 582. The van der Waals surface area contributed by atoms with Crippen LogP contribution in [0.2, 0.25) is 0 Å². The van der Waals surface area contributed by atoms with E-state index in [1.54, 1.807) is 24.3 Å². The molecule has 0 aliphatic carbocycles. The molecule has 1 atom stereocenters. The number of sulfone groups is 1. The molecule has 0 saturated heterocycles. The fourth-order valence-corrected chi connectivity index (χ4v) is 4.38. The van der Waals surface area contributed by atoms with Crippen LogP contribution in [0.1, 0.15) is 11.6 Å². The molecule has 1 unspecified atom stereocenters. The summed E-state index contributed by atoms with van der Waals surface area (Å²) in [5, 5.41) is -0.929. The molecule has 0 aliphatic rings. The molecule has 0 aromatic heterocycles. The van der Waals surface area contributed by atoms with Crippen molar-refractivity contribution in [3.63, 3.8) is 0 Å². The average molecular weight is 292 g/mol. The Labute approximate surface area is 107 Å². The molecule has 6 nitrogen and oxygen atoms in total. The fourth-order valence-electron chi connectivity index (χ4n) is 1.36. The number of hydrogen-bond donors (Lipinski definition) is 2. The highest BCUT2D eigenvalue weighted by Gasteiger charge is 2.18. The SMILES string of the molecule is CS(=O)(=O)CS(=O)(=O)NCC(N)c1ccccc1. The van der Waals surface area contributed by atoms with Gasteiger partial charge in [-0.25, -0.2) is 21.6 Å². The van der Waals surface area contributed by atoms with Gasteiger partial charge in [-0.3, -0.25) is 0 Å². The molecule has 0 spiro atoms. The Balaban J connectivity index is 2.61. The fraction of sp³-hybridized carbons (Fsp3) is 0.400. The lowest BCUT2D eigenvalue weighted by atomic mass is 10.1. The summed E-state index contributed by atoms with van der Waals surface area (Å²) in [6.45, 7) is -0.0398. The van der Waals surface area contributed by atoms with E-state index < -0.39 is 31.0 Å². The van der Waals surface area contributed by atoms with E-state index in [0.29, 0.717) is 0 Å². The van der Waals surface area contributed by atoms with Gasteiger partial charge in [0.2, 0.25) is 10.0 Å². The number of nitrogens with one attached hydrogen (secondary N) is 1. The molecule has 0 saturated carbocycles. The van der Waals surface area contributed by atoms with E-state index >= 15 is 0 Å². The summed E-state index contributed by atoms with van der Waals surface area (Å²) in [7, 11) is -7.45. The maximum Gasteiger partial charge on any atom is 0.226 e. The van der Waals surface area contributed by atoms with Crippen LogP contribution in [0, 0.1) is 0 Å². The average Bonchev–Trinajstić information content (AvgIpc) is 2.24. The molecule has 0 amide bonds. The normalized spacial score (nSPS) is 14.3. The van der Waals surface area contributed by atoms with E-state index in [2.05, 4.69) is 4.72 Å². The monoisotopic (exact) mass is 292 g/mol. The van der Waals surface area contributed by atoms with Crippen molar-refractivity contribution in [2.24, 2.45) is 5.73 Å². The number of sulfonamides is 1. The summed E-state index contributed by atoms with van der Waals surface area (Å²) < 4.78 is 46.9. The number of hydrogen-bond acceptors (Lipinski definition) is 5. The van der Waals surface area contributed by atoms with Gasteiger partial charge in [-0.1, -0.05) is 30.3 Å². The van der Waals surface area contributed by atoms with Gasteiger partial charge in [-0.15, -0.1) is 0 Å². The second kappa shape index (κ2) is 5.79. The van der Waals surface area contributed by atoms with Gasteiger partial charge in [0.25, 0.3) is 0 Å². The van der Waals surface area contributed by atoms with E-state index in [1.165, 1.54) is 0 Å². The zero-order chi connectivity index (χ0) is 13.8. The van der Waals surface area contributed by atoms with Gasteiger partial charge in [0, 0.05) is 18.8 Å². The van der Waals surface area contributed by atoms with Crippen LogP contribution >= 0.6 is 0 Å². The molecule has 0 heterocycles. The van der Waals surface area contributed by atoms with Crippen molar-refractivity contribution in [2.75, 3.05) is 17.9 Å². The molecule has 3 N–H and O–H groups in total. The number of benzene rings is 1. The summed E-state index contributed by atoms with van der Waals surface area (Å²) in [4.78, 5) is 0. The molecule has 1 aromatic carbocycles. The summed E-state index contributed by atoms with van der Waals surface area (Å²) in [5.41, 5.74) is 6.57. The van der Waals surface area contributed by atoms with Crippen molar-refractivity contribution in [1.29, 1.82) is 0 Å². The Morgan fingerprint density at radius 1 is 1.17 bits per heavy atom. The maximum atomic E-state index is 11.4. The lowest BCUT2D eigenvalue weighted by Crippen LogP contribution is -2.35. The topological polar surface area (TPSA) is 106 Å². The van der Waals surface area contributed by atoms with Crippen LogP contribution in [0.25, 0.3) is 0 Å². The van der Waals surface area contributed by atoms with E-state index in [0.717, 1.165) is 11.8 Å². The van der Waals surface area contributed by atoms with Crippen molar-refractivity contribution in [3.8, 4) is 0 Å². The molecule has 0 bridgehead atoms. The first-order chi connectivity index (χ1) is 8.20. The highest BCUT2D eigenvalue weighted by atomic mass is 32.3. The van der Waals surface area contributed by atoms with Crippen LogP contribution in [0.5, 0.6) is 0 Å². The molecule has 8 heteroatoms. The highest BCUT2D eigenvalue weighted by Crippen LogP contribution is 2.08. The van der Waals surface area contributed by atoms with Crippen molar-refractivity contribution in [3.05, 3.63) is 35.9 Å². The summed E-state index contributed by atoms with van der Waals surface area (Å²) >= 11 is 0. The molecule has 1 rings (SSSR count). The highest BCUT2D eigenvalue weighted by molar-refractivity contribution is 8.06. The van der Waals surface area contributed by atoms with Crippen molar-refractivity contribution >= 4 is 19.9 Å². The largest absolute Gasteiger partial charge is 0.323 e. The lowest BCUT2D eigenvalue weighted by molar-refractivity contribution is 0.573. The number of nitrogens with two attached hydrogens (primary N) is 1. The first kappa shape index (κ1) is 15.1. The van der Waals surface area contributed by atoms with E-state index in [4.69, 9.17) is 5.73 Å². The van der Waals surface area contributed by atoms with Crippen LogP contribution in [0.4, 0.5) is 0 Å². The molecule has 0 fully saturated rings. The predicted molar refractivity (Wildman–Crippen MR) is 70.0 cm³/mol. The van der Waals surface area contributed by atoms with Gasteiger partial charge in [0.1, 0.15) is 0 Å². The Morgan fingerprint density at radius 3 is 2.22 bits per heavy atom. The Morgan fingerprint density at radius 2 is 1.72 bits per heavy atom. The van der Waals surface area contributed by atoms with Gasteiger partial charge >= 0.3 is 0 Å². The first-order valence-corrected chi connectivity index (χ1v) is 8.86. The maximum absolute atomic E-state index is 11.4. The van der Waals surface area contributed by atoms with Gasteiger partial charge in [0.15, 0.2) is 14.9 Å². The standard InChI is InChI=1S/C10H16N2O4S2/c1-17(13,14)8-18(15,16)12-7-10(11)9-5-3-2-4-6-9/h2-6,10,12H,7-8,11H2,1H3. The van der Waals surface area contributed by atoms with Crippen LogP contribution in [-0.2, 0) is 19.9 Å². The van der Waals surface area contributed by atoms with E-state index in [1.807, 2.05) is 6.07 Å². The number of rotatable bonds is 6. The molecular weight excluding hydrogens is 276 g/mol. The Kier molecular flexibility index (Phi) is 4.85. The molecular formula is C10H16N2O4S2.